The minimum atomic E-state index is 0. The molecule has 0 fully saturated rings. The van der Waals surface area contributed by atoms with Gasteiger partial charge in [0.2, 0.25) is 0 Å². The van der Waals surface area contributed by atoms with Crippen molar-refractivity contribution in [2.24, 2.45) is 9.98 Å². The van der Waals surface area contributed by atoms with Crippen molar-refractivity contribution in [1.29, 1.82) is 0 Å². The predicted octanol–water partition coefficient (Wildman–Crippen LogP) is 9.93. The number of allylic oxidation sites excluding steroid dienone is 4. The number of para-hydroxylation sites is 2. The van der Waals surface area contributed by atoms with Crippen LogP contribution in [0.3, 0.4) is 0 Å². The van der Waals surface area contributed by atoms with Gasteiger partial charge in [-0.2, -0.15) is 0 Å². The van der Waals surface area contributed by atoms with E-state index >= 15 is 0 Å². The maximum atomic E-state index is 5.12. The van der Waals surface area contributed by atoms with Crippen LogP contribution in [0.25, 0.3) is 0 Å². The van der Waals surface area contributed by atoms with Gasteiger partial charge in [0.05, 0.1) is 17.1 Å². The maximum Gasteiger partial charge on any atom is 0.0665 e. The number of hydrogen-bond acceptors (Lipinski definition) is 2. The van der Waals surface area contributed by atoms with Crippen LogP contribution < -0.4 is 0 Å². The zero-order valence-electron chi connectivity index (χ0n) is 22.0. The second kappa shape index (κ2) is 20.0. The van der Waals surface area contributed by atoms with Gasteiger partial charge in [0, 0.05) is 22.7 Å². The summed E-state index contributed by atoms with van der Waals surface area (Å²) in [6.45, 7) is 6.61. The van der Waals surface area contributed by atoms with E-state index in [0.717, 1.165) is 68.5 Å². The van der Waals surface area contributed by atoms with Gasteiger partial charge in [-0.05, 0) is 74.6 Å². The molecule has 0 aromatic heterocycles. The molecule has 0 heterocycles. The van der Waals surface area contributed by atoms with Gasteiger partial charge >= 0.3 is 0 Å². The minimum Gasteiger partial charge on any atom is -0.255 e. The van der Waals surface area contributed by atoms with E-state index in [4.69, 9.17) is 9.98 Å². The van der Waals surface area contributed by atoms with Gasteiger partial charge in [-0.1, -0.05) is 101 Å². The van der Waals surface area contributed by atoms with E-state index in [1.165, 1.54) is 30.4 Å². The summed E-state index contributed by atoms with van der Waals surface area (Å²) in [5.74, 6) is 0. The molecule has 0 aliphatic rings. The van der Waals surface area contributed by atoms with E-state index in [1.807, 2.05) is 6.21 Å². The van der Waals surface area contributed by atoms with Crippen LogP contribution in [0.1, 0.15) is 89.7 Å². The summed E-state index contributed by atoms with van der Waals surface area (Å²) in [7, 11) is 0. The molecule has 0 saturated heterocycles. The first-order valence-electron chi connectivity index (χ1n) is 13.4. The van der Waals surface area contributed by atoms with Crippen LogP contribution >= 0.6 is 0 Å². The van der Waals surface area contributed by atoms with Crippen LogP contribution in [-0.2, 0) is 29.3 Å². The van der Waals surface area contributed by atoms with Crippen molar-refractivity contribution in [1.82, 2.24) is 0 Å². The predicted molar refractivity (Wildman–Crippen MR) is 152 cm³/mol. The third-order valence-corrected chi connectivity index (χ3v) is 5.85. The molecular formula is C32H44N2Ni. The van der Waals surface area contributed by atoms with E-state index in [1.54, 1.807) is 0 Å². The van der Waals surface area contributed by atoms with Gasteiger partial charge in [-0.3, -0.25) is 9.98 Å². The Morgan fingerprint density at radius 1 is 0.686 bits per heavy atom. The van der Waals surface area contributed by atoms with E-state index in [2.05, 4.69) is 93.6 Å². The third kappa shape index (κ3) is 12.9. The Hall–Kier alpha value is -2.25. The molecule has 0 unspecified atom stereocenters. The maximum absolute atomic E-state index is 5.12. The first-order valence-corrected chi connectivity index (χ1v) is 13.4. The topological polar surface area (TPSA) is 24.7 Å². The molecule has 0 aliphatic heterocycles. The molecule has 0 aliphatic carbocycles. The molecule has 0 spiro atoms. The fraction of sp³-hybridized carbons (Fsp3) is 0.438. The Labute approximate surface area is 224 Å². The van der Waals surface area contributed by atoms with E-state index < -0.39 is 0 Å². The van der Waals surface area contributed by atoms with Crippen LogP contribution in [0, 0.1) is 0 Å². The molecule has 2 rings (SSSR count). The van der Waals surface area contributed by atoms with Crippen molar-refractivity contribution >= 4 is 23.3 Å². The summed E-state index contributed by atoms with van der Waals surface area (Å²) in [4.78, 5) is 10.0. The molecule has 2 aromatic carbocycles. The van der Waals surface area contributed by atoms with Crippen molar-refractivity contribution in [3.8, 4) is 0 Å². The zero-order valence-corrected chi connectivity index (χ0v) is 23.0. The molecule has 0 saturated carbocycles. The largest absolute Gasteiger partial charge is 0.255 e. The normalized spacial score (nSPS) is 12.1. The number of rotatable bonds is 16. The van der Waals surface area contributed by atoms with E-state index in [0.29, 0.717) is 0 Å². The average molecular weight is 515 g/mol. The molecule has 35 heavy (non-hydrogen) atoms. The van der Waals surface area contributed by atoms with E-state index in [9.17, 15) is 0 Å². The molecule has 0 radical (unpaired) electrons. The number of benzene rings is 2. The number of aryl methyl sites for hydroxylation is 2. The third-order valence-electron chi connectivity index (χ3n) is 5.85. The molecule has 2 nitrogen and oxygen atoms in total. The van der Waals surface area contributed by atoms with Crippen molar-refractivity contribution in [3.63, 3.8) is 0 Å². The molecule has 0 amide bonds. The first-order chi connectivity index (χ1) is 16.8. The van der Waals surface area contributed by atoms with Crippen molar-refractivity contribution in [2.45, 2.75) is 91.4 Å². The van der Waals surface area contributed by atoms with Crippen LogP contribution in [0.5, 0.6) is 0 Å². The zero-order chi connectivity index (χ0) is 24.3. The SMILES string of the molecule is CCC=CCCc1ccccc1N=CC(CCCCCC)=Nc1ccccc1CCC=CCC.[Ni]. The summed E-state index contributed by atoms with van der Waals surface area (Å²) < 4.78 is 0. The Kier molecular flexibility index (Phi) is 17.6. The monoisotopic (exact) mass is 514 g/mol. The molecule has 0 atom stereocenters. The molecular weight excluding hydrogens is 471 g/mol. The Bertz CT molecular complexity index is 940. The van der Waals surface area contributed by atoms with Crippen LogP contribution in [0.2, 0.25) is 0 Å². The molecule has 0 bridgehead atoms. The van der Waals surface area contributed by atoms with Crippen molar-refractivity contribution in [2.75, 3.05) is 0 Å². The molecule has 192 valence electrons. The van der Waals surface area contributed by atoms with Gasteiger partial charge in [0.1, 0.15) is 0 Å². The number of unbranched alkanes of at least 4 members (excludes halogenated alkanes) is 3. The number of hydrogen-bond donors (Lipinski definition) is 0. The quantitative estimate of drug-likeness (QED) is 0.0920. The minimum absolute atomic E-state index is 0. The van der Waals surface area contributed by atoms with Crippen molar-refractivity contribution < 1.29 is 16.5 Å². The summed E-state index contributed by atoms with van der Waals surface area (Å²) in [5.41, 5.74) is 5.83. The molecule has 3 heteroatoms. The fourth-order valence-electron chi connectivity index (χ4n) is 3.91. The summed E-state index contributed by atoms with van der Waals surface area (Å²) in [6, 6.07) is 17.1. The summed E-state index contributed by atoms with van der Waals surface area (Å²) in [5, 5.41) is 0. The second-order valence-electron chi connectivity index (χ2n) is 8.77. The number of aliphatic imine (C=N–C) groups is 2. The Balaban J connectivity index is 0.00000612. The Morgan fingerprint density at radius 2 is 1.26 bits per heavy atom. The fourth-order valence-corrected chi connectivity index (χ4v) is 3.91. The summed E-state index contributed by atoms with van der Waals surface area (Å²) in [6.07, 6.45) is 23.3. The molecule has 0 N–H and O–H groups in total. The average Bonchev–Trinajstić information content (AvgIpc) is 2.87. The van der Waals surface area contributed by atoms with Gasteiger partial charge in [0.25, 0.3) is 0 Å². The Morgan fingerprint density at radius 3 is 1.86 bits per heavy atom. The standard InChI is InChI=1S/C32H44N2.Ni/c1-4-7-10-13-20-28-22-16-18-25-31(28)33-27-30(24-15-12-9-6-3)34-32-26-19-17-23-29(32)21-14-11-8-5-2;/h7-8,10-11,16-19,22-23,25-27H,4-6,9,12-15,20-21,24H2,1-3H3;. The van der Waals surface area contributed by atoms with E-state index in [-0.39, 0.29) is 16.5 Å². The molecule has 2 aromatic rings. The van der Waals surface area contributed by atoms with Crippen LogP contribution in [0.4, 0.5) is 11.4 Å². The van der Waals surface area contributed by atoms with Gasteiger partial charge in [0.15, 0.2) is 0 Å². The number of nitrogens with zero attached hydrogens (tertiary/aromatic N) is 2. The smallest absolute Gasteiger partial charge is 0.0665 e. The van der Waals surface area contributed by atoms with Crippen LogP contribution in [0.15, 0.2) is 82.8 Å². The summed E-state index contributed by atoms with van der Waals surface area (Å²) >= 11 is 0. The van der Waals surface area contributed by atoms with Gasteiger partial charge in [-0.15, -0.1) is 0 Å². The first kappa shape index (κ1) is 30.8. The van der Waals surface area contributed by atoms with Gasteiger partial charge < -0.3 is 0 Å². The van der Waals surface area contributed by atoms with Gasteiger partial charge in [-0.25, -0.2) is 0 Å². The van der Waals surface area contributed by atoms with Crippen LogP contribution in [-0.4, -0.2) is 11.9 Å². The second-order valence-corrected chi connectivity index (χ2v) is 8.77. The van der Waals surface area contributed by atoms with Crippen molar-refractivity contribution in [3.05, 3.63) is 84.0 Å².